The van der Waals surface area contributed by atoms with Gasteiger partial charge in [0, 0.05) is 11.6 Å². The first-order chi connectivity index (χ1) is 13.9. The molecule has 3 rings (SSSR count). The van der Waals surface area contributed by atoms with Gasteiger partial charge >= 0.3 is 5.97 Å². The van der Waals surface area contributed by atoms with Crippen LogP contribution in [-0.4, -0.2) is 25.5 Å². The number of methoxy groups -OCH3 is 1. The maximum Gasteiger partial charge on any atom is 0.337 e. The SMILES string of the molecule is CCCCCCc1cn(S(=O)(=O)c2ccc(C)cc2)c2cc(C(=O)OC)ccc12. The molecule has 0 N–H and O–H groups in total. The molecular formula is C23H27NO4S. The van der Waals surface area contributed by atoms with Crippen LogP contribution in [0.3, 0.4) is 0 Å². The number of aromatic nitrogens is 1. The highest BCUT2D eigenvalue weighted by molar-refractivity contribution is 7.90. The summed E-state index contributed by atoms with van der Waals surface area (Å²) < 4.78 is 32.8. The van der Waals surface area contributed by atoms with Gasteiger partial charge in [0.25, 0.3) is 10.0 Å². The fraction of sp³-hybridized carbons (Fsp3) is 0.348. The zero-order valence-electron chi connectivity index (χ0n) is 17.1. The van der Waals surface area contributed by atoms with Crippen LogP contribution in [0, 0.1) is 6.92 Å². The van der Waals surface area contributed by atoms with Gasteiger partial charge in [-0.25, -0.2) is 17.2 Å². The van der Waals surface area contributed by atoms with E-state index in [4.69, 9.17) is 4.74 Å². The number of carbonyl (C=O) groups excluding carboxylic acids is 1. The van der Waals surface area contributed by atoms with Crippen molar-refractivity contribution in [1.29, 1.82) is 0 Å². The molecule has 0 radical (unpaired) electrons. The van der Waals surface area contributed by atoms with Crippen LogP contribution in [-0.2, 0) is 21.2 Å². The number of carbonyl (C=O) groups is 1. The van der Waals surface area contributed by atoms with Crippen molar-refractivity contribution in [3.05, 3.63) is 65.4 Å². The minimum absolute atomic E-state index is 0.223. The van der Waals surface area contributed by atoms with E-state index in [0.29, 0.717) is 11.1 Å². The monoisotopic (exact) mass is 413 g/mol. The largest absolute Gasteiger partial charge is 0.465 e. The molecule has 0 saturated carbocycles. The predicted molar refractivity (Wildman–Crippen MR) is 115 cm³/mol. The number of esters is 1. The van der Waals surface area contributed by atoms with Gasteiger partial charge in [-0.3, -0.25) is 0 Å². The summed E-state index contributed by atoms with van der Waals surface area (Å²) in [6, 6.07) is 11.9. The molecule has 0 aliphatic carbocycles. The highest BCUT2D eigenvalue weighted by atomic mass is 32.2. The Kier molecular flexibility index (Phi) is 6.42. The summed E-state index contributed by atoms with van der Waals surface area (Å²) in [4.78, 5) is 12.2. The summed E-state index contributed by atoms with van der Waals surface area (Å²) in [7, 11) is -2.47. The van der Waals surface area contributed by atoms with Crippen molar-refractivity contribution in [2.45, 2.75) is 50.8 Å². The number of nitrogens with zero attached hydrogens (tertiary/aromatic N) is 1. The summed E-state index contributed by atoms with van der Waals surface area (Å²) in [5.74, 6) is -0.489. The number of hydrogen-bond donors (Lipinski definition) is 0. The zero-order valence-corrected chi connectivity index (χ0v) is 18.0. The molecule has 0 bridgehead atoms. The van der Waals surface area contributed by atoms with Crippen molar-refractivity contribution in [1.82, 2.24) is 3.97 Å². The molecule has 0 fully saturated rings. The van der Waals surface area contributed by atoms with Crippen LogP contribution in [0.15, 0.2) is 53.6 Å². The highest BCUT2D eigenvalue weighted by Crippen LogP contribution is 2.28. The highest BCUT2D eigenvalue weighted by Gasteiger charge is 2.22. The van der Waals surface area contributed by atoms with Crippen molar-refractivity contribution >= 4 is 26.9 Å². The molecule has 5 nitrogen and oxygen atoms in total. The van der Waals surface area contributed by atoms with Gasteiger partial charge in [-0.15, -0.1) is 0 Å². The molecule has 0 saturated heterocycles. The second kappa shape index (κ2) is 8.82. The van der Waals surface area contributed by atoms with Gasteiger partial charge in [0.2, 0.25) is 0 Å². The van der Waals surface area contributed by atoms with Crippen molar-refractivity contribution < 1.29 is 17.9 Å². The first kappa shape index (κ1) is 21.1. The maximum absolute atomic E-state index is 13.3. The molecule has 29 heavy (non-hydrogen) atoms. The average Bonchev–Trinajstić information content (AvgIpc) is 3.09. The predicted octanol–water partition coefficient (Wildman–Crippen LogP) is 5.10. The molecule has 0 aliphatic rings. The Hall–Kier alpha value is -2.60. The number of hydrogen-bond acceptors (Lipinski definition) is 4. The molecule has 2 aromatic carbocycles. The Morgan fingerprint density at radius 3 is 2.41 bits per heavy atom. The minimum atomic E-state index is -3.78. The van der Waals surface area contributed by atoms with E-state index in [0.717, 1.165) is 48.6 Å². The van der Waals surface area contributed by atoms with E-state index in [9.17, 15) is 13.2 Å². The van der Waals surface area contributed by atoms with E-state index >= 15 is 0 Å². The molecule has 0 amide bonds. The molecule has 1 heterocycles. The van der Waals surface area contributed by atoms with Crippen LogP contribution >= 0.6 is 0 Å². The van der Waals surface area contributed by atoms with E-state index in [1.807, 2.05) is 13.0 Å². The van der Waals surface area contributed by atoms with Gasteiger partial charge in [-0.2, -0.15) is 0 Å². The number of unbranched alkanes of at least 4 members (excludes halogenated alkanes) is 3. The lowest BCUT2D eigenvalue weighted by molar-refractivity contribution is 0.0601. The third-order valence-corrected chi connectivity index (χ3v) is 6.84. The molecule has 154 valence electrons. The Bertz CT molecular complexity index is 1110. The maximum atomic E-state index is 13.3. The van der Waals surface area contributed by atoms with Crippen LogP contribution in [0.4, 0.5) is 0 Å². The summed E-state index contributed by atoms with van der Waals surface area (Å²) in [6.07, 6.45) is 6.90. The molecule has 6 heteroatoms. The van der Waals surface area contributed by atoms with E-state index in [-0.39, 0.29) is 4.90 Å². The van der Waals surface area contributed by atoms with Crippen LogP contribution in [0.2, 0.25) is 0 Å². The molecular weight excluding hydrogens is 386 g/mol. The normalized spacial score (nSPS) is 11.7. The van der Waals surface area contributed by atoms with Gasteiger partial charge in [0.05, 0.1) is 23.1 Å². The van der Waals surface area contributed by atoms with Gasteiger partial charge in [-0.05, 0) is 49.6 Å². The van der Waals surface area contributed by atoms with Crippen molar-refractivity contribution in [3.63, 3.8) is 0 Å². The molecule has 0 unspecified atom stereocenters. The molecule has 0 aliphatic heterocycles. The van der Waals surface area contributed by atoms with Crippen molar-refractivity contribution in [2.75, 3.05) is 7.11 Å². The molecule has 0 atom stereocenters. The summed E-state index contributed by atoms with van der Waals surface area (Å²) in [5, 5.41) is 0.852. The van der Waals surface area contributed by atoms with Gasteiger partial charge in [0.1, 0.15) is 0 Å². The number of ether oxygens (including phenoxy) is 1. The first-order valence-electron chi connectivity index (χ1n) is 9.93. The smallest absolute Gasteiger partial charge is 0.337 e. The van der Waals surface area contributed by atoms with E-state index < -0.39 is 16.0 Å². The third kappa shape index (κ3) is 4.37. The first-order valence-corrected chi connectivity index (χ1v) is 11.4. The van der Waals surface area contributed by atoms with Crippen molar-refractivity contribution in [2.24, 2.45) is 0 Å². The third-order valence-electron chi connectivity index (χ3n) is 5.15. The Balaban J connectivity index is 2.13. The summed E-state index contributed by atoms with van der Waals surface area (Å²) >= 11 is 0. The second-order valence-corrected chi connectivity index (χ2v) is 9.12. The van der Waals surface area contributed by atoms with Crippen LogP contribution in [0.5, 0.6) is 0 Å². The van der Waals surface area contributed by atoms with Gasteiger partial charge in [-0.1, -0.05) is 49.9 Å². The van der Waals surface area contributed by atoms with Crippen LogP contribution < -0.4 is 0 Å². The molecule has 1 aromatic heterocycles. The van der Waals surface area contributed by atoms with E-state index in [2.05, 4.69) is 6.92 Å². The fourth-order valence-electron chi connectivity index (χ4n) is 3.48. The molecule has 3 aromatic rings. The number of fused-ring (bicyclic) bond motifs is 1. The Labute approximate surface area is 172 Å². The zero-order chi connectivity index (χ0) is 21.0. The summed E-state index contributed by atoms with van der Waals surface area (Å²) in [6.45, 7) is 4.08. The Morgan fingerprint density at radius 2 is 1.76 bits per heavy atom. The topological polar surface area (TPSA) is 65.4 Å². The standard InChI is InChI=1S/C23H27NO4S/c1-4-5-6-7-8-19-16-24(29(26,27)20-12-9-17(2)10-13-20)22-15-18(23(25)28-3)11-14-21(19)22/h9-16H,4-8H2,1-3H3. The Morgan fingerprint density at radius 1 is 1.03 bits per heavy atom. The second-order valence-electron chi connectivity index (χ2n) is 7.30. The lowest BCUT2D eigenvalue weighted by Crippen LogP contribution is -2.12. The quantitative estimate of drug-likeness (QED) is 0.381. The van der Waals surface area contributed by atoms with Crippen LogP contribution in [0.1, 0.15) is 54.1 Å². The average molecular weight is 414 g/mol. The van der Waals surface area contributed by atoms with Gasteiger partial charge < -0.3 is 4.74 Å². The van der Waals surface area contributed by atoms with Crippen molar-refractivity contribution in [3.8, 4) is 0 Å². The number of aryl methyl sites for hydroxylation is 2. The van der Waals surface area contributed by atoms with E-state index in [1.54, 1.807) is 42.6 Å². The van der Waals surface area contributed by atoms with Gasteiger partial charge in [0.15, 0.2) is 0 Å². The fourth-order valence-corrected chi connectivity index (χ4v) is 4.86. The molecule has 0 spiro atoms. The summed E-state index contributed by atoms with van der Waals surface area (Å²) in [5.41, 5.74) is 2.80. The number of benzene rings is 2. The van der Waals surface area contributed by atoms with Crippen LogP contribution in [0.25, 0.3) is 10.9 Å². The minimum Gasteiger partial charge on any atom is -0.465 e. The lowest BCUT2D eigenvalue weighted by Gasteiger charge is -2.08. The number of rotatable bonds is 8. The lowest BCUT2D eigenvalue weighted by atomic mass is 10.0. The van der Waals surface area contributed by atoms with E-state index in [1.165, 1.54) is 11.1 Å².